The number of ether oxygens (including phenoxy) is 1. The normalized spacial score (nSPS) is 11.1. The van der Waals surface area contributed by atoms with E-state index in [1.165, 1.54) is 17.4 Å². The lowest BCUT2D eigenvalue weighted by Gasteiger charge is -2.12. The van der Waals surface area contributed by atoms with Crippen molar-refractivity contribution in [2.45, 2.75) is 6.42 Å². The van der Waals surface area contributed by atoms with Crippen LogP contribution < -0.4 is 15.8 Å². The van der Waals surface area contributed by atoms with Crippen LogP contribution in [0.4, 0.5) is 10.2 Å². The Bertz CT molecular complexity index is 981. The second-order valence-electron chi connectivity index (χ2n) is 6.47. The first-order valence-electron chi connectivity index (χ1n) is 8.65. The lowest BCUT2D eigenvalue weighted by molar-refractivity contribution is 0.322. The van der Waals surface area contributed by atoms with Crippen molar-refractivity contribution in [1.82, 2.24) is 4.98 Å². The van der Waals surface area contributed by atoms with Gasteiger partial charge in [0.25, 0.3) is 0 Å². The molecule has 0 aliphatic heterocycles. The van der Waals surface area contributed by atoms with E-state index in [9.17, 15) is 4.39 Å². The van der Waals surface area contributed by atoms with E-state index in [1.807, 2.05) is 6.07 Å². The Balaban J connectivity index is 1.75. The number of halogens is 3. The van der Waals surface area contributed by atoms with Gasteiger partial charge in [-0.3, -0.25) is 0 Å². The van der Waals surface area contributed by atoms with Gasteiger partial charge in [0.15, 0.2) is 11.6 Å². The highest BCUT2D eigenvalue weighted by molar-refractivity contribution is 7.64. The van der Waals surface area contributed by atoms with Gasteiger partial charge in [-0.1, -0.05) is 55.4 Å². The van der Waals surface area contributed by atoms with Crippen molar-refractivity contribution in [3.8, 4) is 16.9 Å². The molecule has 0 saturated heterocycles. The zero-order valence-electron chi connectivity index (χ0n) is 15.5. The van der Waals surface area contributed by atoms with Crippen molar-refractivity contribution < 1.29 is 9.13 Å². The number of pyridine rings is 1. The number of nitrogens with two attached hydrogens (primary N) is 1. The maximum atomic E-state index is 13.6. The average Bonchev–Trinajstić information content (AvgIpc) is 2.69. The summed E-state index contributed by atoms with van der Waals surface area (Å²) >= 11 is 12.1. The maximum Gasteiger partial charge on any atom is 0.166 e. The van der Waals surface area contributed by atoms with Crippen molar-refractivity contribution in [3.05, 3.63) is 70.1 Å². The molecule has 7 heteroatoms. The molecule has 3 rings (SSSR count). The minimum absolute atomic E-state index is 0.0165. The highest BCUT2D eigenvalue weighted by Crippen LogP contribution is 2.30. The molecule has 0 fully saturated rings. The maximum absolute atomic E-state index is 13.6. The van der Waals surface area contributed by atoms with Crippen LogP contribution in [0.25, 0.3) is 11.1 Å². The fourth-order valence-electron chi connectivity index (χ4n) is 2.74. The minimum atomic E-state index is -0.504. The van der Waals surface area contributed by atoms with Crippen LogP contribution >= 0.6 is 31.1 Å². The number of aromatic nitrogens is 1. The van der Waals surface area contributed by atoms with Crippen molar-refractivity contribution in [3.63, 3.8) is 0 Å². The molecule has 0 bridgehead atoms. The summed E-state index contributed by atoms with van der Waals surface area (Å²) < 4.78 is 19.4. The van der Waals surface area contributed by atoms with Gasteiger partial charge in [0, 0.05) is 23.2 Å². The van der Waals surface area contributed by atoms with Crippen LogP contribution in [-0.2, 0) is 6.42 Å². The number of hydrogen-bond acceptors (Lipinski definition) is 3. The summed E-state index contributed by atoms with van der Waals surface area (Å²) in [6.07, 6.45) is 2.07. The molecule has 146 valence electrons. The highest BCUT2D eigenvalue weighted by Gasteiger charge is 2.12. The van der Waals surface area contributed by atoms with Crippen LogP contribution in [-0.4, -0.2) is 24.9 Å². The van der Waals surface area contributed by atoms with Gasteiger partial charge in [0.2, 0.25) is 0 Å². The molecule has 0 aliphatic carbocycles. The topological polar surface area (TPSA) is 48.1 Å². The first-order valence-corrected chi connectivity index (χ1v) is 11.6. The Labute approximate surface area is 175 Å². The largest absolute Gasteiger partial charge is 0.489 e. The molecule has 0 unspecified atom stereocenters. The molecule has 1 aromatic heterocycles. The Morgan fingerprint density at radius 1 is 1.07 bits per heavy atom. The smallest absolute Gasteiger partial charge is 0.166 e. The molecule has 3 nitrogen and oxygen atoms in total. The van der Waals surface area contributed by atoms with Gasteiger partial charge in [0.1, 0.15) is 5.82 Å². The second kappa shape index (κ2) is 9.09. The van der Waals surface area contributed by atoms with Crippen molar-refractivity contribution >= 4 is 42.2 Å². The SMILES string of the molecule is CP(C)c1ccc(-c2cnc(N)c(OCCc3c(Cl)ccc(F)c3Cl)c2)cc1. The van der Waals surface area contributed by atoms with E-state index < -0.39 is 5.82 Å². The minimum Gasteiger partial charge on any atom is -0.489 e. The van der Waals surface area contributed by atoms with Gasteiger partial charge in [-0.25, -0.2) is 9.37 Å². The first kappa shape index (κ1) is 20.9. The van der Waals surface area contributed by atoms with Gasteiger partial charge in [-0.2, -0.15) is 0 Å². The zero-order chi connectivity index (χ0) is 20.3. The van der Waals surface area contributed by atoms with Crippen molar-refractivity contribution in [2.75, 3.05) is 25.7 Å². The van der Waals surface area contributed by atoms with Crippen LogP contribution in [0, 0.1) is 5.82 Å². The number of benzene rings is 2. The van der Waals surface area contributed by atoms with E-state index in [1.54, 1.807) is 6.20 Å². The van der Waals surface area contributed by atoms with Gasteiger partial charge < -0.3 is 10.5 Å². The molecule has 2 N–H and O–H groups in total. The molecule has 2 aromatic carbocycles. The van der Waals surface area contributed by atoms with Crippen LogP contribution in [0.1, 0.15) is 5.56 Å². The van der Waals surface area contributed by atoms with Gasteiger partial charge in [-0.05, 0) is 48.0 Å². The molecular weight excluding hydrogens is 417 g/mol. The summed E-state index contributed by atoms with van der Waals surface area (Å²) in [5.41, 5.74) is 8.41. The van der Waals surface area contributed by atoms with E-state index in [0.29, 0.717) is 28.6 Å². The Hall–Kier alpha value is -1.87. The molecule has 1 heterocycles. The lowest BCUT2D eigenvalue weighted by Crippen LogP contribution is -2.06. The Kier molecular flexibility index (Phi) is 6.77. The van der Waals surface area contributed by atoms with E-state index in [2.05, 4.69) is 42.6 Å². The van der Waals surface area contributed by atoms with Gasteiger partial charge in [-0.15, -0.1) is 0 Å². The molecule has 0 radical (unpaired) electrons. The molecule has 0 amide bonds. The third kappa shape index (κ3) is 4.75. The summed E-state index contributed by atoms with van der Waals surface area (Å²) in [6.45, 7) is 4.68. The zero-order valence-corrected chi connectivity index (χ0v) is 18.0. The molecule has 0 saturated carbocycles. The summed E-state index contributed by atoms with van der Waals surface area (Å²) in [7, 11) is -0.135. The van der Waals surface area contributed by atoms with Gasteiger partial charge >= 0.3 is 0 Å². The predicted molar refractivity (Wildman–Crippen MR) is 118 cm³/mol. The molecular formula is C21H20Cl2FN2OP. The molecule has 0 aliphatic rings. The van der Waals surface area contributed by atoms with Gasteiger partial charge in [0.05, 0.1) is 11.6 Å². The third-order valence-corrected chi connectivity index (χ3v) is 6.44. The number of hydrogen-bond donors (Lipinski definition) is 1. The molecule has 0 atom stereocenters. The van der Waals surface area contributed by atoms with E-state index in [4.69, 9.17) is 33.7 Å². The van der Waals surface area contributed by atoms with Crippen LogP contribution in [0.5, 0.6) is 5.75 Å². The second-order valence-corrected chi connectivity index (χ2v) is 9.56. The lowest BCUT2D eigenvalue weighted by atomic mass is 10.1. The first-order chi connectivity index (χ1) is 13.4. The molecule has 0 spiro atoms. The van der Waals surface area contributed by atoms with Crippen molar-refractivity contribution in [1.29, 1.82) is 0 Å². The van der Waals surface area contributed by atoms with E-state index in [0.717, 1.165) is 11.1 Å². The standard InChI is InChI=1S/C21H20Cl2FN2OP/c1-28(2)15-5-3-13(4-6-15)14-11-19(21(25)26-12-14)27-10-9-16-17(22)7-8-18(24)20(16)23/h3-8,11-12H,9-10H2,1-2H3,(H2,25,26). The van der Waals surface area contributed by atoms with E-state index in [-0.39, 0.29) is 19.6 Å². The predicted octanol–water partition coefficient (Wildman–Crippen LogP) is 5.77. The number of rotatable bonds is 6. The summed E-state index contributed by atoms with van der Waals surface area (Å²) in [5.74, 6) is 0.261. The number of anilines is 1. The number of nitrogens with zero attached hydrogens (tertiary/aromatic N) is 1. The van der Waals surface area contributed by atoms with E-state index >= 15 is 0 Å². The Morgan fingerprint density at radius 3 is 2.46 bits per heavy atom. The fraction of sp³-hybridized carbons (Fsp3) is 0.190. The Morgan fingerprint density at radius 2 is 1.79 bits per heavy atom. The number of nitrogen functional groups attached to an aromatic ring is 1. The highest BCUT2D eigenvalue weighted by atomic mass is 35.5. The summed E-state index contributed by atoms with van der Waals surface area (Å²) in [6, 6.07) is 13.0. The summed E-state index contributed by atoms with van der Waals surface area (Å²) in [5, 5.41) is 1.76. The third-order valence-electron chi connectivity index (χ3n) is 4.35. The monoisotopic (exact) mass is 436 g/mol. The van der Waals surface area contributed by atoms with Crippen molar-refractivity contribution in [2.24, 2.45) is 0 Å². The fourth-order valence-corrected chi connectivity index (χ4v) is 4.05. The quantitative estimate of drug-likeness (QED) is 0.394. The molecule has 3 aromatic rings. The summed E-state index contributed by atoms with van der Waals surface area (Å²) in [4.78, 5) is 4.23. The van der Waals surface area contributed by atoms with Crippen LogP contribution in [0.2, 0.25) is 10.0 Å². The average molecular weight is 437 g/mol. The molecule has 28 heavy (non-hydrogen) atoms. The van der Waals surface area contributed by atoms with Crippen LogP contribution in [0.15, 0.2) is 48.7 Å². The van der Waals surface area contributed by atoms with Crippen LogP contribution in [0.3, 0.4) is 0 Å².